The molecule has 2 heterocycles. The molecule has 2 aromatic heterocycles. The third kappa shape index (κ3) is 2.76. The predicted octanol–water partition coefficient (Wildman–Crippen LogP) is 2.05. The van der Waals surface area contributed by atoms with Crippen LogP contribution in [0, 0.1) is 5.82 Å². The first-order chi connectivity index (χ1) is 10.2. The molecule has 0 aliphatic heterocycles. The van der Waals surface area contributed by atoms with Gasteiger partial charge in [-0.25, -0.2) is 19.3 Å². The van der Waals surface area contributed by atoms with E-state index in [4.69, 9.17) is 0 Å². The van der Waals surface area contributed by atoms with Crippen molar-refractivity contribution in [3.63, 3.8) is 0 Å². The van der Waals surface area contributed by atoms with Crippen molar-refractivity contribution in [1.29, 1.82) is 0 Å². The Bertz CT molecular complexity index is 773. The van der Waals surface area contributed by atoms with Gasteiger partial charge in [0.2, 0.25) is 0 Å². The predicted molar refractivity (Wildman–Crippen MR) is 73.5 cm³/mol. The summed E-state index contributed by atoms with van der Waals surface area (Å²) in [5.74, 6) is -0.324. The Morgan fingerprint density at radius 3 is 2.86 bits per heavy atom. The van der Waals surface area contributed by atoms with Gasteiger partial charge < -0.3 is 5.32 Å². The Morgan fingerprint density at radius 2 is 2.10 bits per heavy atom. The van der Waals surface area contributed by atoms with Gasteiger partial charge in [-0.05, 0) is 12.1 Å². The Balaban J connectivity index is 1.84. The minimum Gasteiger partial charge on any atom is -0.306 e. The molecule has 6 nitrogen and oxygen atoms in total. The molecule has 0 spiro atoms. The summed E-state index contributed by atoms with van der Waals surface area (Å²) in [4.78, 5) is 23.9. The topological polar surface area (TPSA) is 72.7 Å². The molecule has 3 aromatic rings. The quantitative estimate of drug-likeness (QED) is 0.798. The van der Waals surface area contributed by atoms with Crippen LogP contribution >= 0.6 is 0 Å². The number of carbonyl (C=O) groups excluding carboxylic acids is 1. The molecule has 0 saturated heterocycles. The summed E-state index contributed by atoms with van der Waals surface area (Å²) in [6, 6.07) is 7.32. The second-order valence-electron chi connectivity index (χ2n) is 4.17. The first-order valence-corrected chi connectivity index (χ1v) is 6.10. The van der Waals surface area contributed by atoms with Gasteiger partial charge in [0.15, 0.2) is 0 Å². The third-order valence-corrected chi connectivity index (χ3v) is 2.78. The van der Waals surface area contributed by atoms with Crippen LogP contribution in [0.1, 0.15) is 10.4 Å². The van der Waals surface area contributed by atoms with E-state index in [1.54, 1.807) is 35.4 Å². The largest absolute Gasteiger partial charge is 0.306 e. The van der Waals surface area contributed by atoms with Crippen molar-refractivity contribution in [2.24, 2.45) is 0 Å². The number of benzene rings is 1. The number of hydrogen-bond acceptors (Lipinski definition) is 4. The molecule has 0 aliphatic carbocycles. The van der Waals surface area contributed by atoms with Crippen molar-refractivity contribution in [1.82, 2.24) is 19.5 Å². The molecule has 0 aliphatic rings. The number of imidazole rings is 1. The summed E-state index contributed by atoms with van der Waals surface area (Å²) < 4.78 is 15.2. The summed E-state index contributed by atoms with van der Waals surface area (Å²) >= 11 is 0. The molecule has 0 unspecified atom stereocenters. The minimum atomic E-state index is -0.584. The number of nitrogens with zero attached hydrogens (tertiary/aromatic N) is 4. The minimum absolute atomic E-state index is 0.0414. The molecule has 7 heteroatoms. The molecule has 0 saturated carbocycles. The summed E-state index contributed by atoms with van der Waals surface area (Å²) in [5, 5.41) is 2.54. The van der Waals surface area contributed by atoms with Crippen LogP contribution in [0.2, 0.25) is 0 Å². The van der Waals surface area contributed by atoms with Crippen LogP contribution in [0.3, 0.4) is 0 Å². The number of amides is 1. The summed E-state index contributed by atoms with van der Waals surface area (Å²) in [5.41, 5.74) is -0.0414. The molecule has 0 fully saturated rings. The van der Waals surface area contributed by atoms with Crippen LogP contribution in [-0.4, -0.2) is 25.4 Å². The molecule has 0 bridgehead atoms. The number of anilines is 1. The van der Waals surface area contributed by atoms with Gasteiger partial charge >= 0.3 is 0 Å². The number of halogens is 1. The van der Waals surface area contributed by atoms with Crippen molar-refractivity contribution in [3.8, 4) is 5.82 Å². The lowest BCUT2D eigenvalue weighted by Gasteiger charge is -2.06. The van der Waals surface area contributed by atoms with Crippen molar-refractivity contribution < 1.29 is 9.18 Å². The lowest BCUT2D eigenvalue weighted by molar-refractivity contribution is 0.102. The van der Waals surface area contributed by atoms with Gasteiger partial charge in [-0.15, -0.1) is 0 Å². The summed E-state index contributed by atoms with van der Waals surface area (Å²) in [6.45, 7) is 0. The molecule has 1 aromatic carbocycles. The fraction of sp³-hybridized carbons (Fsp3) is 0. The van der Waals surface area contributed by atoms with E-state index in [2.05, 4.69) is 20.3 Å². The van der Waals surface area contributed by atoms with Crippen LogP contribution < -0.4 is 5.32 Å². The van der Waals surface area contributed by atoms with E-state index in [9.17, 15) is 9.18 Å². The maximum absolute atomic E-state index is 13.5. The molecule has 21 heavy (non-hydrogen) atoms. The molecule has 0 radical (unpaired) electrons. The van der Waals surface area contributed by atoms with Crippen molar-refractivity contribution in [2.75, 3.05) is 5.32 Å². The lowest BCUT2D eigenvalue weighted by atomic mass is 10.2. The Morgan fingerprint density at radius 1 is 1.24 bits per heavy atom. The number of rotatable bonds is 3. The van der Waals surface area contributed by atoms with Gasteiger partial charge in [-0.3, -0.25) is 9.36 Å². The van der Waals surface area contributed by atoms with Crippen LogP contribution in [-0.2, 0) is 0 Å². The highest BCUT2D eigenvalue weighted by Crippen LogP contribution is 2.12. The van der Waals surface area contributed by atoms with Gasteiger partial charge in [0.05, 0.1) is 5.56 Å². The SMILES string of the molecule is O=C(Nc1cc(-n2ccnc2)ncn1)c1ccccc1F. The highest BCUT2D eigenvalue weighted by Gasteiger charge is 2.12. The molecule has 1 amide bonds. The Labute approximate surface area is 119 Å². The van der Waals surface area contributed by atoms with E-state index in [0.717, 1.165) is 0 Å². The molecular formula is C14H10FN5O. The first-order valence-electron chi connectivity index (χ1n) is 6.10. The standard InChI is InChI=1S/C14H10FN5O/c15-11-4-2-1-3-10(11)14(21)19-12-7-13(18-8-17-12)20-6-5-16-9-20/h1-9H,(H,17,18,19,21). The maximum atomic E-state index is 13.5. The van der Waals surface area contributed by atoms with E-state index >= 15 is 0 Å². The summed E-state index contributed by atoms with van der Waals surface area (Å²) in [7, 11) is 0. The van der Waals surface area contributed by atoms with Crippen molar-refractivity contribution >= 4 is 11.7 Å². The fourth-order valence-corrected chi connectivity index (χ4v) is 1.78. The smallest absolute Gasteiger partial charge is 0.259 e. The number of hydrogen-bond donors (Lipinski definition) is 1. The third-order valence-electron chi connectivity index (χ3n) is 2.78. The van der Waals surface area contributed by atoms with Crippen LogP contribution in [0.25, 0.3) is 5.82 Å². The van der Waals surface area contributed by atoms with Crippen LogP contribution in [0.15, 0.2) is 55.4 Å². The van der Waals surface area contributed by atoms with E-state index in [-0.39, 0.29) is 11.4 Å². The van der Waals surface area contributed by atoms with E-state index in [0.29, 0.717) is 5.82 Å². The maximum Gasteiger partial charge on any atom is 0.259 e. The second kappa shape index (κ2) is 5.49. The Hall–Kier alpha value is -3.09. The monoisotopic (exact) mass is 283 g/mol. The van der Waals surface area contributed by atoms with Crippen LogP contribution in [0.5, 0.6) is 0 Å². The second-order valence-corrected chi connectivity index (χ2v) is 4.17. The molecule has 104 valence electrons. The zero-order chi connectivity index (χ0) is 14.7. The van der Waals surface area contributed by atoms with Gasteiger partial charge in [-0.2, -0.15) is 0 Å². The molecular weight excluding hydrogens is 273 g/mol. The molecule has 0 atom stereocenters. The van der Waals surface area contributed by atoms with Gasteiger partial charge in [-0.1, -0.05) is 12.1 Å². The van der Waals surface area contributed by atoms with Gasteiger partial charge in [0, 0.05) is 18.5 Å². The van der Waals surface area contributed by atoms with Gasteiger partial charge in [0.25, 0.3) is 5.91 Å². The zero-order valence-corrected chi connectivity index (χ0v) is 10.8. The highest BCUT2D eigenvalue weighted by atomic mass is 19.1. The first kappa shape index (κ1) is 12.9. The van der Waals surface area contributed by atoms with E-state index in [1.165, 1.54) is 24.5 Å². The average molecular weight is 283 g/mol. The summed E-state index contributed by atoms with van der Waals surface area (Å²) in [6.07, 6.45) is 6.21. The van der Waals surface area contributed by atoms with Crippen molar-refractivity contribution in [2.45, 2.75) is 0 Å². The zero-order valence-electron chi connectivity index (χ0n) is 10.8. The highest BCUT2D eigenvalue weighted by molar-refractivity contribution is 6.03. The number of nitrogens with one attached hydrogen (secondary N) is 1. The fourth-order valence-electron chi connectivity index (χ4n) is 1.78. The average Bonchev–Trinajstić information content (AvgIpc) is 3.02. The van der Waals surface area contributed by atoms with Crippen LogP contribution in [0.4, 0.5) is 10.2 Å². The van der Waals surface area contributed by atoms with Gasteiger partial charge in [0.1, 0.15) is 30.1 Å². The lowest BCUT2D eigenvalue weighted by Crippen LogP contribution is -2.15. The number of carbonyl (C=O) groups is 1. The van der Waals surface area contributed by atoms with E-state index < -0.39 is 11.7 Å². The number of aromatic nitrogens is 4. The molecule has 1 N–H and O–H groups in total. The van der Waals surface area contributed by atoms with E-state index in [1.807, 2.05) is 0 Å². The normalized spacial score (nSPS) is 10.3. The molecule has 3 rings (SSSR count). The van der Waals surface area contributed by atoms with Crippen molar-refractivity contribution in [3.05, 3.63) is 66.8 Å². The Kier molecular flexibility index (Phi) is 3.38.